The van der Waals surface area contributed by atoms with Gasteiger partial charge in [0.2, 0.25) is 0 Å². The van der Waals surface area contributed by atoms with E-state index < -0.39 is 6.10 Å². The van der Waals surface area contributed by atoms with Crippen LogP contribution in [-0.4, -0.2) is 46.7 Å². The quantitative estimate of drug-likeness (QED) is 0.625. The average molecular weight is 409 g/mol. The van der Waals surface area contributed by atoms with Crippen LogP contribution in [0.1, 0.15) is 72.1 Å². The fourth-order valence-corrected chi connectivity index (χ4v) is 8.62. The second-order valence-electron chi connectivity index (χ2n) is 11.3. The molecule has 0 amide bonds. The molecule has 0 aromatic rings. The van der Waals surface area contributed by atoms with Crippen LogP contribution in [0.2, 0.25) is 0 Å². The molecule has 29 heavy (non-hydrogen) atoms. The SMILES string of the molecule is COC(=O)C[C@H](C)[C@H]1CC[C@H]2[C@@H]3[C@H](O)C[C@H]4C[C@@H](O)CC[C@]4(C)[C@H]3C[C@H](O)[C@]12C. The number of esters is 1. The van der Waals surface area contributed by atoms with Crippen LogP contribution in [0.25, 0.3) is 0 Å². The Kier molecular flexibility index (Phi) is 5.57. The molecular weight excluding hydrogens is 368 g/mol. The Hall–Kier alpha value is -0.650. The minimum Gasteiger partial charge on any atom is -0.469 e. The molecule has 0 aromatic heterocycles. The van der Waals surface area contributed by atoms with E-state index in [0.29, 0.717) is 24.2 Å². The summed E-state index contributed by atoms with van der Waals surface area (Å²) in [5.41, 5.74) is -0.159. The zero-order chi connectivity index (χ0) is 21.1. The number of carbonyl (C=O) groups is 1. The average Bonchev–Trinajstić information content (AvgIpc) is 3.02. The molecule has 4 saturated carbocycles. The Morgan fingerprint density at radius 3 is 2.48 bits per heavy atom. The van der Waals surface area contributed by atoms with Crippen molar-refractivity contribution in [3.05, 3.63) is 0 Å². The highest BCUT2D eigenvalue weighted by Gasteiger charge is 2.65. The first kappa shape index (κ1) is 21.6. The Morgan fingerprint density at radius 2 is 1.79 bits per heavy atom. The molecule has 0 spiro atoms. The van der Waals surface area contributed by atoms with Gasteiger partial charge in [-0.2, -0.15) is 0 Å². The lowest BCUT2D eigenvalue weighted by Crippen LogP contribution is -2.62. The predicted octanol–water partition coefficient (Wildman–Crippen LogP) is 3.15. The fourth-order valence-electron chi connectivity index (χ4n) is 8.62. The third kappa shape index (κ3) is 3.18. The van der Waals surface area contributed by atoms with Crippen LogP contribution in [0.15, 0.2) is 0 Å². The lowest BCUT2D eigenvalue weighted by Gasteiger charge is -2.63. The summed E-state index contributed by atoms with van der Waals surface area (Å²) in [6, 6.07) is 0. The second kappa shape index (κ2) is 7.49. The number of methoxy groups -OCH3 is 1. The van der Waals surface area contributed by atoms with Crippen LogP contribution in [0.4, 0.5) is 0 Å². The highest BCUT2D eigenvalue weighted by atomic mass is 16.5. The number of ether oxygens (including phenoxy) is 1. The van der Waals surface area contributed by atoms with Crippen molar-refractivity contribution in [3.63, 3.8) is 0 Å². The van der Waals surface area contributed by atoms with Gasteiger partial charge in [0, 0.05) is 6.42 Å². The van der Waals surface area contributed by atoms with Crippen LogP contribution in [0.5, 0.6) is 0 Å². The van der Waals surface area contributed by atoms with Crippen molar-refractivity contribution in [1.29, 1.82) is 0 Å². The molecule has 0 aromatic carbocycles. The molecule has 5 heteroatoms. The number of hydrogen-bond donors (Lipinski definition) is 3. The van der Waals surface area contributed by atoms with Crippen molar-refractivity contribution in [2.24, 2.45) is 46.3 Å². The third-order valence-corrected chi connectivity index (χ3v) is 10.2. The van der Waals surface area contributed by atoms with Crippen molar-refractivity contribution in [2.45, 2.75) is 90.4 Å². The maximum Gasteiger partial charge on any atom is 0.305 e. The topological polar surface area (TPSA) is 87.0 Å². The van der Waals surface area contributed by atoms with Gasteiger partial charge in [0.15, 0.2) is 0 Å². The molecule has 4 rings (SSSR count). The summed E-state index contributed by atoms with van der Waals surface area (Å²) < 4.78 is 4.90. The molecule has 5 nitrogen and oxygen atoms in total. The first-order valence-corrected chi connectivity index (χ1v) is 11.7. The first-order chi connectivity index (χ1) is 13.6. The molecule has 4 aliphatic rings. The Morgan fingerprint density at radius 1 is 1.07 bits per heavy atom. The highest BCUT2D eigenvalue weighted by molar-refractivity contribution is 5.69. The van der Waals surface area contributed by atoms with E-state index in [9.17, 15) is 20.1 Å². The van der Waals surface area contributed by atoms with Crippen LogP contribution in [0, 0.1) is 46.3 Å². The minimum atomic E-state index is -0.407. The van der Waals surface area contributed by atoms with Gasteiger partial charge in [-0.25, -0.2) is 0 Å². The smallest absolute Gasteiger partial charge is 0.305 e. The monoisotopic (exact) mass is 408 g/mol. The van der Waals surface area contributed by atoms with Gasteiger partial charge in [-0.1, -0.05) is 20.8 Å². The van der Waals surface area contributed by atoms with Crippen LogP contribution >= 0.6 is 0 Å². The van der Waals surface area contributed by atoms with Crippen molar-refractivity contribution < 1.29 is 24.9 Å². The highest BCUT2D eigenvalue weighted by Crippen LogP contribution is 2.68. The van der Waals surface area contributed by atoms with E-state index in [4.69, 9.17) is 4.74 Å². The molecule has 0 bridgehead atoms. The largest absolute Gasteiger partial charge is 0.469 e. The number of hydrogen-bond acceptors (Lipinski definition) is 5. The first-order valence-electron chi connectivity index (χ1n) is 11.7. The summed E-state index contributed by atoms with van der Waals surface area (Å²) in [6.45, 7) is 6.69. The normalized spacial score (nSPS) is 52.8. The molecule has 4 fully saturated rings. The van der Waals surface area contributed by atoms with E-state index in [1.807, 2.05) is 0 Å². The van der Waals surface area contributed by atoms with Gasteiger partial charge in [0.1, 0.15) is 0 Å². The molecule has 166 valence electrons. The van der Waals surface area contributed by atoms with Gasteiger partial charge in [0.25, 0.3) is 0 Å². The maximum absolute atomic E-state index is 11.9. The van der Waals surface area contributed by atoms with E-state index in [0.717, 1.165) is 44.9 Å². The van der Waals surface area contributed by atoms with Crippen LogP contribution in [-0.2, 0) is 9.53 Å². The number of rotatable bonds is 3. The van der Waals surface area contributed by atoms with Gasteiger partial charge >= 0.3 is 5.97 Å². The lowest BCUT2D eigenvalue weighted by atomic mass is 9.43. The van der Waals surface area contributed by atoms with Crippen LogP contribution in [0.3, 0.4) is 0 Å². The molecule has 0 aliphatic heterocycles. The summed E-state index contributed by atoms with van der Waals surface area (Å²) in [6.07, 6.45) is 5.54. The fraction of sp³-hybridized carbons (Fsp3) is 0.958. The number of carbonyl (C=O) groups excluding carboxylic acids is 1. The Bertz CT molecular complexity index is 637. The number of aliphatic hydroxyl groups is 3. The van der Waals surface area contributed by atoms with Crippen molar-refractivity contribution >= 4 is 5.97 Å². The lowest BCUT2D eigenvalue weighted by molar-refractivity contribution is -0.207. The molecule has 3 N–H and O–H groups in total. The van der Waals surface area contributed by atoms with E-state index in [-0.39, 0.29) is 46.8 Å². The van der Waals surface area contributed by atoms with Crippen molar-refractivity contribution in [1.82, 2.24) is 0 Å². The zero-order valence-corrected chi connectivity index (χ0v) is 18.5. The van der Waals surface area contributed by atoms with E-state index in [1.165, 1.54) is 7.11 Å². The van der Waals surface area contributed by atoms with Gasteiger partial charge in [-0.3, -0.25) is 4.79 Å². The van der Waals surface area contributed by atoms with Gasteiger partial charge in [0.05, 0.1) is 25.4 Å². The second-order valence-corrected chi connectivity index (χ2v) is 11.3. The van der Waals surface area contributed by atoms with Crippen molar-refractivity contribution in [2.75, 3.05) is 7.11 Å². The standard InChI is InChI=1S/C24H40O5/c1-13(9-21(28)29-4)16-5-6-17-22-18(12-20(27)24(16,17)3)23(2)8-7-15(25)10-14(23)11-19(22)26/h13-20,22,25-27H,5-12H2,1-4H3/t13-,14+,15-,16+,17-,18-,19+,20-,22-,23-,24+/m0/s1. The van der Waals surface area contributed by atoms with Crippen LogP contribution < -0.4 is 0 Å². The van der Waals surface area contributed by atoms with Gasteiger partial charge < -0.3 is 20.1 Å². The molecule has 4 aliphatic carbocycles. The van der Waals surface area contributed by atoms with Gasteiger partial charge in [-0.15, -0.1) is 0 Å². The van der Waals surface area contributed by atoms with Gasteiger partial charge in [-0.05, 0) is 91.3 Å². The maximum atomic E-state index is 11.9. The Balaban J connectivity index is 1.62. The summed E-state index contributed by atoms with van der Waals surface area (Å²) in [7, 11) is 1.44. The summed E-state index contributed by atoms with van der Waals surface area (Å²) in [5.74, 6) is 1.42. The third-order valence-electron chi connectivity index (χ3n) is 10.2. The molecule has 0 heterocycles. The summed E-state index contributed by atoms with van der Waals surface area (Å²) in [5, 5.41) is 33.0. The van der Waals surface area contributed by atoms with E-state index in [1.54, 1.807) is 0 Å². The summed E-state index contributed by atoms with van der Waals surface area (Å²) in [4.78, 5) is 11.9. The molecule has 11 atom stereocenters. The Labute approximate surface area is 175 Å². The predicted molar refractivity (Wildman–Crippen MR) is 110 cm³/mol. The minimum absolute atomic E-state index is 0.0984. The zero-order valence-electron chi connectivity index (χ0n) is 18.5. The van der Waals surface area contributed by atoms with Crippen molar-refractivity contribution in [3.8, 4) is 0 Å². The van der Waals surface area contributed by atoms with E-state index >= 15 is 0 Å². The molecule has 0 unspecified atom stereocenters. The summed E-state index contributed by atoms with van der Waals surface area (Å²) >= 11 is 0. The molecular formula is C24H40O5. The molecule has 0 radical (unpaired) electrons. The van der Waals surface area contributed by atoms with E-state index in [2.05, 4.69) is 20.8 Å². The molecule has 0 saturated heterocycles. The number of fused-ring (bicyclic) bond motifs is 5. The number of aliphatic hydroxyl groups excluding tert-OH is 3.